The molecule has 0 spiro atoms. The second-order valence-electron chi connectivity index (χ2n) is 3.05. The summed E-state index contributed by atoms with van der Waals surface area (Å²) in [7, 11) is 0. The van der Waals surface area contributed by atoms with Crippen molar-refractivity contribution in [2.45, 2.75) is 16.7 Å². The van der Waals surface area contributed by atoms with Gasteiger partial charge in [0.05, 0.1) is 0 Å². The molecule has 5 heteroatoms. The van der Waals surface area contributed by atoms with Crippen LogP contribution in [0, 0.1) is 10.1 Å². The van der Waals surface area contributed by atoms with Gasteiger partial charge in [0.15, 0.2) is 0 Å². The molecule has 0 saturated heterocycles. The molecule has 0 radical (unpaired) electrons. The van der Waals surface area contributed by atoms with Crippen LogP contribution in [0.4, 0.5) is 0 Å². The van der Waals surface area contributed by atoms with Gasteiger partial charge in [-0.05, 0) is 5.56 Å². The van der Waals surface area contributed by atoms with E-state index >= 15 is 0 Å². The fourth-order valence-corrected chi connectivity index (χ4v) is 1.51. The first-order valence-electron chi connectivity index (χ1n) is 3.98. The Hall–Kier alpha value is -0.610. The van der Waals surface area contributed by atoms with Gasteiger partial charge in [-0.25, -0.2) is 0 Å². The molecule has 0 bridgehead atoms. The Bertz CT molecular complexity index is 329. The number of alkyl halides is 2. The number of nitrogens with zero attached hydrogens (tertiary/aromatic N) is 1. The molecule has 2 atom stereocenters. The lowest BCUT2D eigenvalue weighted by atomic mass is 10.1. The highest BCUT2D eigenvalue weighted by Crippen LogP contribution is 2.38. The average molecular weight is 279 g/mol. The van der Waals surface area contributed by atoms with E-state index in [2.05, 4.69) is 15.9 Å². The van der Waals surface area contributed by atoms with Gasteiger partial charge in [-0.2, -0.15) is 0 Å². The van der Waals surface area contributed by atoms with Crippen LogP contribution in [-0.2, 0) is 0 Å². The zero-order valence-electron chi connectivity index (χ0n) is 7.48. The van der Waals surface area contributed by atoms with Gasteiger partial charge in [-0.3, -0.25) is 10.1 Å². The molecule has 0 heterocycles. The Morgan fingerprint density at radius 2 is 2.00 bits per heavy atom. The van der Waals surface area contributed by atoms with Gasteiger partial charge in [-0.15, -0.1) is 11.6 Å². The van der Waals surface area contributed by atoms with Gasteiger partial charge in [0.25, 0.3) is 4.45 Å². The molecule has 1 rings (SSSR count). The molecule has 14 heavy (non-hydrogen) atoms. The van der Waals surface area contributed by atoms with E-state index in [1.807, 2.05) is 6.07 Å². The Balaban J connectivity index is 2.96. The molecule has 2 unspecified atom stereocenters. The fraction of sp³-hybridized carbons (Fsp3) is 0.333. The molecule has 0 amide bonds. The summed E-state index contributed by atoms with van der Waals surface area (Å²) in [5.74, 6) is 0. The molecular formula is C9H9BrClNO2. The van der Waals surface area contributed by atoms with Crippen LogP contribution in [0.3, 0.4) is 0 Å². The lowest BCUT2D eigenvalue weighted by Crippen LogP contribution is -2.32. The van der Waals surface area contributed by atoms with Gasteiger partial charge in [0, 0.05) is 27.8 Å². The van der Waals surface area contributed by atoms with Crippen molar-refractivity contribution in [1.82, 2.24) is 0 Å². The van der Waals surface area contributed by atoms with E-state index in [1.165, 1.54) is 6.92 Å². The topological polar surface area (TPSA) is 43.1 Å². The second kappa shape index (κ2) is 4.28. The molecule has 0 aliphatic rings. The molecule has 0 N–H and O–H groups in total. The van der Waals surface area contributed by atoms with Crippen LogP contribution in [-0.4, -0.2) is 9.37 Å². The maximum atomic E-state index is 10.7. The van der Waals surface area contributed by atoms with E-state index in [9.17, 15) is 10.1 Å². The highest BCUT2D eigenvalue weighted by atomic mass is 79.9. The minimum Gasteiger partial charge on any atom is -0.263 e. The highest BCUT2D eigenvalue weighted by molar-refractivity contribution is 9.10. The quantitative estimate of drug-likeness (QED) is 0.368. The molecule has 0 fully saturated rings. The summed E-state index contributed by atoms with van der Waals surface area (Å²) in [6.45, 7) is 1.44. The zero-order valence-corrected chi connectivity index (χ0v) is 9.83. The van der Waals surface area contributed by atoms with Crippen molar-refractivity contribution in [2.75, 3.05) is 0 Å². The van der Waals surface area contributed by atoms with Crippen molar-refractivity contribution in [2.24, 2.45) is 0 Å². The monoisotopic (exact) mass is 277 g/mol. The highest BCUT2D eigenvalue weighted by Gasteiger charge is 2.42. The van der Waals surface area contributed by atoms with Crippen molar-refractivity contribution in [3.8, 4) is 0 Å². The minimum absolute atomic E-state index is 0.433. The van der Waals surface area contributed by atoms with Crippen LogP contribution in [0.5, 0.6) is 0 Å². The third-order valence-corrected chi connectivity index (χ3v) is 3.60. The lowest BCUT2D eigenvalue weighted by Gasteiger charge is -2.19. The van der Waals surface area contributed by atoms with Crippen molar-refractivity contribution in [3.63, 3.8) is 0 Å². The molecule has 1 aromatic carbocycles. The summed E-state index contributed by atoms with van der Waals surface area (Å²) in [4.78, 5) is 10.3. The van der Waals surface area contributed by atoms with Gasteiger partial charge in [-0.1, -0.05) is 30.3 Å². The first-order valence-corrected chi connectivity index (χ1v) is 5.21. The van der Waals surface area contributed by atoms with Gasteiger partial charge in [0.2, 0.25) is 0 Å². The van der Waals surface area contributed by atoms with E-state index in [4.69, 9.17) is 11.6 Å². The SMILES string of the molecule is CC(Br)(C(Cl)c1ccccc1)[N+](=O)[O-]. The van der Waals surface area contributed by atoms with Crippen LogP contribution in [0.15, 0.2) is 30.3 Å². The zero-order chi connectivity index (χ0) is 10.8. The van der Waals surface area contributed by atoms with E-state index in [1.54, 1.807) is 24.3 Å². The van der Waals surface area contributed by atoms with Crippen molar-refractivity contribution in [1.29, 1.82) is 0 Å². The van der Waals surface area contributed by atoms with Crippen LogP contribution in [0.25, 0.3) is 0 Å². The molecule has 3 nitrogen and oxygen atoms in total. The second-order valence-corrected chi connectivity index (χ2v) is 5.10. The number of hydrogen-bond donors (Lipinski definition) is 0. The Morgan fingerprint density at radius 1 is 1.50 bits per heavy atom. The van der Waals surface area contributed by atoms with Gasteiger partial charge in [0.1, 0.15) is 5.38 Å². The summed E-state index contributed by atoms with van der Waals surface area (Å²) in [6, 6.07) is 8.97. The van der Waals surface area contributed by atoms with Crippen molar-refractivity contribution >= 4 is 27.5 Å². The number of benzene rings is 1. The smallest absolute Gasteiger partial charge is 0.263 e. The summed E-state index contributed by atoms with van der Waals surface area (Å²) < 4.78 is -1.34. The molecule has 0 aliphatic carbocycles. The van der Waals surface area contributed by atoms with Gasteiger partial charge < -0.3 is 0 Å². The van der Waals surface area contributed by atoms with Crippen LogP contribution < -0.4 is 0 Å². The molecule has 0 aliphatic heterocycles. The summed E-state index contributed by atoms with van der Waals surface area (Å²) in [6.07, 6.45) is 0. The summed E-state index contributed by atoms with van der Waals surface area (Å²) in [5, 5.41) is 10.0. The van der Waals surface area contributed by atoms with Crippen molar-refractivity contribution in [3.05, 3.63) is 46.0 Å². The minimum atomic E-state index is -1.34. The molecule has 76 valence electrons. The van der Waals surface area contributed by atoms with Crippen LogP contribution >= 0.6 is 27.5 Å². The molecule has 0 aromatic heterocycles. The Labute approximate surface area is 95.4 Å². The number of hydrogen-bond acceptors (Lipinski definition) is 2. The maximum absolute atomic E-state index is 10.7. The summed E-state index contributed by atoms with van der Waals surface area (Å²) in [5.41, 5.74) is 0.727. The maximum Gasteiger partial charge on any atom is 0.291 e. The molecule has 1 aromatic rings. The standard InChI is InChI=1S/C9H9BrClNO2/c1-9(10,12(13)14)8(11)7-5-3-2-4-6-7/h2-6,8H,1H3. The molecule has 0 saturated carbocycles. The number of halogens is 2. The lowest BCUT2D eigenvalue weighted by molar-refractivity contribution is -0.531. The van der Waals surface area contributed by atoms with E-state index in [0.717, 1.165) is 5.56 Å². The van der Waals surface area contributed by atoms with Crippen LogP contribution in [0.1, 0.15) is 17.9 Å². The first kappa shape index (κ1) is 11.5. The number of rotatable bonds is 3. The third kappa shape index (κ3) is 2.25. The van der Waals surface area contributed by atoms with E-state index in [0.29, 0.717) is 0 Å². The van der Waals surface area contributed by atoms with E-state index in [-0.39, 0.29) is 0 Å². The summed E-state index contributed by atoms with van der Waals surface area (Å²) >= 11 is 9.02. The molecular weight excluding hydrogens is 269 g/mol. The largest absolute Gasteiger partial charge is 0.291 e. The Kier molecular flexibility index (Phi) is 3.50. The predicted molar refractivity (Wildman–Crippen MR) is 59.4 cm³/mol. The number of nitro groups is 1. The fourth-order valence-electron chi connectivity index (χ4n) is 1.02. The normalized spacial score (nSPS) is 17.1. The van der Waals surface area contributed by atoms with Crippen LogP contribution in [0.2, 0.25) is 0 Å². The van der Waals surface area contributed by atoms with Gasteiger partial charge >= 0.3 is 0 Å². The van der Waals surface area contributed by atoms with Crippen molar-refractivity contribution < 1.29 is 4.92 Å². The van der Waals surface area contributed by atoms with E-state index < -0.39 is 14.7 Å². The predicted octanol–water partition coefficient (Wildman–Crippen LogP) is 3.35. The average Bonchev–Trinajstić information content (AvgIpc) is 2.17. The Morgan fingerprint density at radius 3 is 2.43 bits per heavy atom. The first-order chi connectivity index (χ1) is 6.46. The third-order valence-electron chi connectivity index (χ3n) is 1.91.